The molecular weight excluding hydrogens is 304 g/mol. The number of nitrogens with one attached hydrogen (secondary N) is 1. The van der Waals surface area contributed by atoms with Crippen LogP contribution in [-0.4, -0.2) is 29.9 Å². The van der Waals surface area contributed by atoms with Crippen molar-refractivity contribution in [2.24, 2.45) is 5.92 Å². The van der Waals surface area contributed by atoms with E-state index in [0.29, 0.717) is 12.1 Å². The van der Waals surface area contributed by atoms with Gasteiger partial charge in [-0.1, -0.05) is 6.07 Å². The summed E-state index contributed by atoms with van der Waals surface area (Å²) < 4.78 is 5.43. The van der Waals surface area contributed by atoms with Crippen molar-refractivity contribution in [2.45, 2.75) is 39.3 Å². The SMILES string of the molecule is Cc1cc(C)c2oc(=O)cc(CN3C[C@@H]4CC[C@H](C3)C(=O)N4)c2c1. The highest BCUT2D eigenvalue weighted by Crippen LogP contribution is 2.27. The monoisotopic (exact) mass is 326 g/mol. The summed E-state index contributed by atoms with van der Waals surface area (Å²) in [6.07, 6.45) is 2.01. The summed E-state index contributed by atoms with van der Waals surface area (Å²) in [5.74, 6) is 0.247. The molecule has 4 heterocycles. The molecule has 0 spiro atoms. The number of nitrogens with zero attached hydrogens (tertiary/aromatic N) is 1. The average Bonchev–Trinajstić information content (AvgIpc) is 2.78. The first-order valence-electron chi connectivity index (χ1n) is 8.56. The number of rotatable bonds is 2. The smallest absolute Gasteiger partial charge is 0.336 e. The summed E-state index contributed by atoms with van der Waals surface area (Å²) in [6, 6.07) is 5.94. The van der Waals surface area contributed by atoms with Crippen molar-refractivity contribution in [2.75, 3.05) is 13.1 Å². The molecule has 1 aromatic carbocycles. The van der Waals surface area contributed by atoms with Crippen molar-refractivity contribution in [1.82, 2.24) is 10.2 Å². The molecule has 1 amide bonds. The van der Waals surface area contributed by atoms with Crippen LogP contribution in [0.4, 0.5) is 0 Å². The van der Waals surface area contributed by atoms with Gasteiger partial charge in [0, 0.05) is 37.1 Å². The molecule has 24 heavy (non-hydrogen) atoms. The van der Waals surface area contributed by atoms with Gasteiger partial charge in [0.25, 0.3) is 0 Å². The minimum Gasteiger partial charge on any atom is -0.422 e. The van der Waals surface area contributed by atoms with Gasteiger partial charge in [-0.3, -0.25) is 9.69 Å². The van der Waals surface area contributed by atoms with E-state index in [9.17, 15) is 9.59 Å². The number of aryl methyl sites for hydroxylation is 2. The lowest BCUT2D eigenvalue weighted by Crippen LogP contribution is -2.43. The fraction of sp³-hybridized carbons (Fsp3) is 0.474. The topological polar surface area (TPSA) is 62.6 Å². The molecule has 2 aromatic rings. The van der Waals surface area contributed by atoms with Crippen LogP contribution < -0.4 is 10.9 Å². The molecule has 0 radical (unpaired) electrons. The van der Waals surface area contributed by atoms with E-state index in [-0.39, 0.29) is 23.5 Å². The maximum Gasteiger partial charge on any atom is 0.336 e. The zero-order valence-electron chi connectivity index (χ0n) is 14.1. The van der Waals surface area contributed by atoms with Crippen molar-refractivity contribution in [1.29, 1.82) is 0 Å². The fourth-order valence-corrected chi connectivity index (χ4v) is 4.11. The summed E-state index contributed by atoms with van der Waals surface area (Å²) in [7, 11) is 0. The molecule has 3 saturated heterocycles. The number of piperidine rings is 1. The molecule has 2 bridgehead atoms. The van der Waals surface area contributed by atoms with Gasteiger partial charge in [-0.15, -0.1) is 0 Å². The molecule has 2 atom stereocenters. The third kappa shape index (κ3) is 2.73. The van der Waals surface area contributed by atoms with E-state index >= 15 is 0 Å². The molecule has 5 rings (SSSR count). The molecule has 1 N–H and O–H groups in total. The highest BCUT2D eigenvalue weighted by atomic mass is 16.4. The van der Waals surface area contributed by atoms with Gasteiger partial charge in [-0.2, -0.15) is 0 Å². The van der Waals surface area contributed by atoms with E-state index in [0.717, 1.165) is 48.0 Å². The Bertz CT molecular complexity index is 871. The van der Waals surface area contributed by atoms with Crippen LogP contribution in [0.1, 0.15) is 29.5 Å². The molecule has 0 aliphatic carbocycles. The molecule has 3 aliphatic heterocycles. The minimum atomic E-state index is -0.309. The van der Waals surface area contributed by atoms with Crippen LogP contribution in [0.2, 0.25) is 0 Å². The Hall–Kier alpha value is -2.14. The Labute approximate surface area is 140 Å². The van der Waals surface area contributed by atoms with Gasteiger partial charge in [0.15, 0.2) is 0 Å². The average molecular weight is 326 g/mol. The van der Waals surface area contributed by atoms with Crippen LogP contribution in [0.15, 0.2) is 27.4 Å². The second-order valence-electron chi connectivity index (χ2n) is 7.22. The lowest BCUT2D eigenvalue weighted by atomic mass is 9.96. The zero-order chi connectivity index (χ0) is 16.8. The summed E-state index contributed by atoms with van der Waals surface area (Å²) in [4.78, 5) is 26.3. The number of fused-ring (bicyclic) bond motifs is 5. The minimum absolute atomic E-state index is 0.0682. The standard InChI is InChI=1S/C19H22N2O3/c1-11-5-12(2)18-16(6-11)14(7-17(22)24-18)9-21-8-13-3-4-15(10-21)20-19(13)23/h5-7,13,15H,3-4,8-10H2,1-2H3,(H,20,23)/t13-,15+/m1/s1. The van der Waals surface area contributed by atoms with Crippen molar-refractivity contribution in [3.05, 3.63) is 45.3 Å². The third-order valence-corrected chi connectivity index (χ3v) is 5.19. The number of hydrogen-bond donors (Lipinski definition) is 1. The van der Waals surface area contributed by atoms with Crippen LogP contribution in [0.3, 0.4) is 0 Å². The van der Waals surface area contributed by atoms with Crippen LogP contribution >= 0.6 is 0 Å². The maximum absolute atomic E-state index is 12.0. The predicted molar refractivity (Wildman–Crippen MR) is 91.9 cm³/mol. The Morgan fingerprint density at radius 2 is 2.00 bits per heavy atom. The van der Waals surface area contributed by atoms with Gasteiger partial charge in [0.1, 0.15) is 5.58 Å². The van der Waals surface area contributed by atoms with E-state index in [1.165, 1.54) is 0 Å². The molecule has 3 aliphatic rings. The van der Waals surface area contributed by atoms with Crippen LogP contribution in [0.5, 0.6) is 0 Å². The molecule has 5 nitrogen and oxygen atoms in total. The summed E-state index contributed by atoms with van der Waals surface area (Å²) >= 11 is 0. The van der Waals surface area contributed by atoms with E-state index < -0.39 is 0 Å². The first-order valence-corrected chi connectivity index (χ1v) is 8.56. The number of hydrogen-bond acceptors (Lipinski definition) is 4. The van der Waals surface area contributed by atoms with Crippen LogP contribution in [-0.2, 0) is 11.3 Å². The van der Waals surface area contributed by atoms with Gasteiger partial charge in [-0.25, -0.2) is 4.79 Å². The Morgan fingerprint density at radius 1 is 1.17 bits per heavy atom. The molecule has 1 aromatic heterocycles. The second-order valence-corrected chi connectivity index (χ2v) is 7.22. The van der Waals surface area contributed by atoms with Gasteiger partial charge >= 0.3 is 5.63 Å². The lowest BCUT2D eigenvalue weighted by molar-refractivity contribution is -0.126. The fourth-order valence-electron chi connectivity index (χ4n) is 4.11. The summed E-state index contributed by atoms with van der Waals surface area (Å²) in [6.45, 7) is 6.30. The third-order valence-electron chi connectivity index (χ3n) is 5.19. The normalized spacial score (nSPS) is 24.2. The highest BCUT2D eigenvalue weighted by Gasteiger charge is 2.34. The Kier molecular flexibility index (Phi) is 3.68. The van der Waals surface area contributed by atoms with Crippen molar-refractivity contribution < 1.29 is 9.21 Å². The van der Waals surface area contributed by atoms with Crippen molar-refractivity contribution in [3.63, 3.8) is 0 Å². The van der Waals surface area contributed by atoms with Gasteiger partial charge < -0.3 is 9.73 Å². The first-order chi connectivity index (χ1) is 11.5. The van der Waals surface area contributed by atoms with Gasteiger partial charge in [-0.05, 0) is 49.4 Å². The Balaban J connectivity index is 1.72. The maximum atomic E-state index is 12.0. The summed E-state index contributed by atoms with van der Waals surface area (Å²) in [5.41, 5.74) is 3.49. The highest BCUT2D eigenvalue weighted by molar-refractivity contribution is 5.84. The quantitative estimate of drug-likeness (QED) is 0.859. The second kappa shape index (κ2) is 5.74. The summed E-state index contributed by atoms with van der Waals surface area (Å²) in [5, 5.41) is 4.10. The zero-order valence-corrected chi connectivity index (χ0v) is 14.1. The molecule has 0 saturated carbocycles. The van der Waals surface area contributed by atoms with E-state index in [1.54, 1.807) is 6.07 Å². The largest absolute Gasteiger partial charge is 0.422 e. The Morgan fingerprint density at radius 3 is 2.79 bits per heavy atom. The number of amides is 1. The molecule has 126 valence electrons. The van der Waals surface area contributed by atoms with Crippen molar-refractivity contribution >= 4 is 16.9 Å². The molecule has 5 heteroatoms. The van der Waals surface area contributed by atoms with E-state index in [2.05, 4.69) is 23.2 Å². The van der Waals surface area contributed by atoms with E-state index in [1.807, 2.05) is 13.0 Å². The van der Waals surface area contributed by atoms with Crippen LogP contribution in [0, 0.1) is 19.8 Å². The number of benzene rings is 1. The number of carbonyl (C=O) groups excluding carboxylic acids is 1. The van der Waals surface area contributed by atoms with Crippen LogP contribution in [0.25, 0.3) is 11.0 Å². The number of carbonyl (C=O) groups is 1. The molecular formula is C19H22N2O3. The predicted octanol–water partition coefficient (Wildman–Crippen LogP) is 2.12. The van der Waals surface area contributed by atoms with E-state index in [4.69, 9.17) is 4.42 Å². The lowest BCUT2D eigenvalue weighted by Gasteiger charge is -2.23. The van der Waals surface area contributed by atoms with Crippen molar-refractivity contribution in [3.8, 4) is 0 Å². The molecule has 3 fully saturated rings. The van der Waals surface area contributed by atoms with Gasteiger partial charge in [0.05, 0.1) is 5.92 Å². The van der Waals surface area contributed by atoms with Gasteiger partial charge in [0.2, 0.25) is 5.91 Å². The first kappa shape index (κ1) is 15.4. The molecule has 0 unspecified atom stereocenters.